The van der Waals surface area contributed by atoms with E-state index in [-0.39, 0.29) is 5.69 Å². The van der Waals surface area contributed by atoms with Gasteiger partial charge in [-0.25, -0.2) is 0 Å². The first kappa shape index (κ1) is 14.0. The molecule has 0 amide bonds. The molecule has 0 aliphatic carbocycles. The third-order valence-electron chi connectivity index (χ3n) is 3.30. The van der Waals surface area contributed by atoms with E-state index in [1.54, 1.807) is 6.07 Å². The summed E-state index contributed by atoms with van der Waals surface area (Å²) in [5, 5.41) is 15.3. The summed E-state index contributed by atoms with van der Waals surface area (Å²) in [7, 11) is 0. The van der Waals surface area contributed by atoms with E-state index < -0.39 is 4.92 Å². The van der Waals surface area contributed by atoms with Crippen molar-refractivity contribution in [2.24, 2.45) is 0 Å². The number of rotatable bonds is 5. The zero-order chi connectivity index (χ0) is 14.7. The van der Waals surface area contributed by atoms with Gasteiger partial charge in [0.25, 0.3) is 5.69 Å². The van der Waals surface area contributed by atoms with Gasteiger partial charge in [-0.3, -0.25) is 14.8 Å². The van der Waals surface area contributed by atoms with E-state index in [4.69, 9.17) is 5.73 Å². The van der Waals surface area contributed by atoms with Crippen LogP contribution >= 0.6 is 0 Å². The second kappa shape index (κ2) is 5.73. The Morgan fingerprint density at radius 1 is 1.30 bits per heavy atom. The summed E-state index contributed by atoms with van der Waals surface area (Å²) >= 11 is 0. The molecule has 0 atom stereocenters. The number of benzene rings is 1. The molecule has 0 aliphatic rings. The summed E-state index contributed by atoms with van der Waals surface area (Å²) in [6, 6.07) is 6.57. The van der Waals surface area contributed by atoms with Crippen LogP contribution in [0.2, 0.25) is 0 Å². The van der Waals surface area contributed by atoms with Crippen molar-refractivity contribution in [3.05, 3.63) is 51.3 Å². The molecule has 1 heterocycles. The normalized spacial score (nSPS) is 10.7. The second-order valence-electron chi connectivity index (χ2n) is 4.63. The maximum Gasteiger partial charge on any atom is 0.269 e. The standard InChI is InChI=1S/C14H18N4O2/c1-3-11-8-12(4-2)17(16-11)9-10-7-13(18(19)20)5-6-14(10)15/h5-8H,3-4,9,15H2,1-2H3. The average molecular weight is 274 g/mol. The molecule has 2 N–H and O–H groups in total. The number of aryl methyl sites for hydroxylation is 2. The smallest absolute Gasteiger partial charge is 0.269 e. The summed E-state index contributed by atoms with van der Waals surface area (Å²) in [5.74, 6) is 0. The highest BCUT2D eigenvalue weighted by Gasteiger charge is 2.12. The van der Waals surface area contributed by atoms with Gasteiger partial charge in [0.1, 0.15) is 0 Å². The first-order chi connectivity index (χ1) is 9.55. The Morgan fingerprint density at radius 2 is 2.05 bits per heavy atom. The van der Waals surface area contributed by atoms with Crippen LogP contribution in [-0.2, 0) is 19.4 Å². The van der Waals surface area contributed by atoms with Crippen LogP contribution < -0.4 is 5.73 Å². The van der Waals surface area contributed by atoms with Crippen molar-refractivity contribution in [2.45, 2.75) is 33.2 Å². The number of nitrogens with two attached hydrogens (primary N) is 1. The van der Waals surface area contributed by atoms with E-state index in [0.717, 1.165) is 29.8 Å². The van der Waals surface area contributed by atoms with Crippen LogP contribution in [0.3, 0.4) is 0 Å². The van der Waals surface area contributed by atoms with Crippen molar-refractivity contribution < 1.29 is 4.92 Å². The summed E-state index contributed by atoms with van der Waals surface area (Å²) in [5.41, 5.74) is 9.35. The number of nitrogens with zero attached hydrogens (tertiary/aromatic N) is 3. The van der Waals surface area contributed by atoms with Gasteiger partial charge in [0, 0.05) is 29.1 Å². The first-order valence-corrected chi connectivity index (χ1v) is 6.63. The minimum absolute atomic E-state index is 0.0510. The SMILES string of the molecule is CCc1cc(CC)n(Cc2cc([N+](=O)[O-])ccc2N)n1. The molecule has 0 radical (unpaired) electrons. The maximum absolute atomic E-state index is 10.8. The maximum atomic E-state index is 10.8. The average Bonchev–Trinajstić information content (AvgIpc) is 2.83. The van der Waals surface area contributed by atoms with Crippen LogP contribution in [-0.4, -0.2) is 14.7 Å². The lowest BCUT2D eigenvalue weighted by Gasteiger charge is -2.08. The van der Waals surface area contributed by atoms with Crippen molar-refractivity contribution in [3.8, 4) is 0 Å². The van der Waals surface area contributed by atoms with Crippen LogP contribution in [0, 0.1) is 10.1 Å². The van der Waals surface area contributed by atoms with Gasteiger partial charge in [0.05, 0.1) is 17.2 Å². The van der Waals surface area contributed by atoms with Crippen molar-refractivity contribution in [2.75, 3.05) is 5.73 Å². The van der Waals surface area contributed by atoms with Crippen LogP contribution in [0.15, 0.2) is 24.3 Å². The van der Waals surface area contributed by atoms with E-state index in [2.05, 4.69) is 18.1 Å². The molecule has 0 fully saturated rings. The number of aromatic nitrogens is 2. The van der Waals surface area contributed by atoms with E-state index in [9.17, 15) is 10.1 Å². The highest BCUT2D eigenvalue weighted by atomic mass is 16.6. The number of non-ortho nitro benzene ring substituents is 1. The predicted molar refractivity (Wildman–Crippen MR) is 77.6 cm³/mol. The van der Waals surface area contributed by atoms with Gasteiger partial charge in [-0.05, 0) is 25.0 Å². The monoisotopic (exact) mass is 274 g/mol. The van der Waals surface area contributed by atoms with Gasteiger partial charge in [-0.2, -0.15) is 5.10 Å². The molecule has 0 unspecified atom stereocenters. The number of hydrogen-bond acceptors (Lipinski definition) is 4. The highest BCUT2D eigenvalue weighted by molar-refractivity contribution is 5.52. The minimum atomic E-state index is -0.412. The fraction of sp³-hybridized carbons (Fsp3) is 0.357. The summed E-state index contributed by atoms with van der Waals surface area (Å²) in [6.07, 6.45) is 1.73. The lowest BCUT2D eigenvalue weighted by molar-refractivity contribution is -0.384. The van der Waals surface area contributed by atoms with Crippen molar-refractivity contribution in [3.63, 3.8) is 0 Å². The molecule has 1 aromatic carbocycles. The minimum Gasteiger partial charge on any atom is -0.398 e. The molecule has 20 heavy (non-hydrogen) atoms. The molecule has 1 aromatic heterocycles. The quantitative estimate of drug-likeness (QED) is 0.515. The van der Waals surface area contributed by atoms with Crippen LogP contribution in [0.25, 0.3) is 0 Å². The molecule has 0 spiro atoms. The molecule has 6 nitrogen and oxygen atoms in total. The summed E-state index contributed by atoms with van der Waals surface area (Å²) in [4.78, 5) is 10.4. The van der Waals surface area contributed by atoms with Crippen molar-refractivity contribution in [1.29, 1.82) is 0 Å². The molecular weight excluding hydrogens is 256 g/mol. The van der Waals surface area contributed by atoms with Gasteiger partial charge in [0.2, 0.25) is 0 Å². The first-order valence-electron chi connectivity index (χ1n) is 6.63. The Kier molecular flexibility index (Phi) is 4.02. The Morgan fingerprint density at radius 3 is 2.65 bits per heavy atom. The van der Waals surface area contributed by atoms with Crippen LogP contribution in [0.1, 0.15) is 30.8 Å². The molecule has 2 aromatic rings. The Bertz CT molecular complexity index is 634. The Hall–Kier alpha value is -2.37. The number of nitrogen functional groups attached to an aromatic ring is 1. The van der Waals surface area contributed by atoms with Gasteiger partial charge in [0.15, 0.2) is 0 Å². The molecular formula is C14H18N4O2. The fourth-order valence-electron chi connectivity index (χ4n) is 2.11. The van der Waals surface area contributed by atoms with Crippen LogP contribution in [0.4, 0.5) is 11.4 Å². The Balaban J connectivity index is 2.36. The van der Waals surface area contributed by atoms with Gasteiger partial charge in [-0.1, -0.05) is 13.8 Å². The van der Waals surface area contributed by atoms with Gasteiger partial charge >= 0.3 is 0 Å². The zero-order valence-corrected chi connectivity index (χ0v) is 11.7. The number of nitro benzene ring substituents is 1. The number of hydrogen-bond donors (Lipinski definition) is 1. The van der Waals surface area contributed by atoms with E-state index in [1.165, 1.54) is 12.1 Å². The molecule has 106 valence electrons. The summed E-state index contributed by atoms with van der Waals surface area (Å²) < 4.78 is 1.87. The number of anilines is 1. The van der Waals surface area contributed by atoms with Crippen molar-refractivity contribution in [1.82, 2.24) is 9.78 Å². The molecule has 0 aliphatic heterocycles. The molecule has 0 saturated carbocycles. The van der Waals surface area contributed by atoms with Crippen molar-refractivity contribution >= 4 is 11.4 Å². The highest BCUT2D eigenvalue weighted by Crippen LogP contribution is 2.21. The van der Waals surface area contributed by atoms with E-state index in [0.29, 0.717) is 12.2 Å². The van der Waals surface area contributed by atoms with E-state index >= 15 is 0 Å². The Labute approximate surface area is 117 Å². The third kappa shape index (κ3) is 2.79. The largest absolute Gasteiger partial charge is 0.398 e. The molecule has 0 bridgehead atoms. The number of nitro groups is 1. The summed E-state index contributed by atoms with van der Waals surface area (Å²) in [6.45, 7) is 4.56. The van der Waals surface area contributed by atoms with Crippen LogP contribution in [0.5, 0.6) is 0 Å². The van der Waals surface area contributed by atoms with E-state index in [1.807, 2.05) is 11.6 Å². The lowest BCUT2D eigenvalue weighted by Crippen LogP contribution is -2.08. The van der Waals surface area contributed by atoms with Gasteiger partial charge < -0.3 is 5.73 Å². The fourth-order valence-corrected chi connectivity index (χ4v) is 2.11. The predicted octanol–water partition coefficient (Wildman–Crippen LogP) is 2.55. The second-order valence-corrected chi connectivity index (χ2v) is 4.63. The molecule has 0 saturated heterocycles. The molecule has 6 heteroatoms. The third-order valence-corrected chi connectivity index (χ3v) is 3.30. The topological polar surface area (TPSA) is 87.0 Å². The zero-order valence-electron chi connectivity index (χ0n) is 11.7. The molecule has 2 rings (SSSR count). The lowest BCUT2D eigenvalue weighted by atomic mass is 10.1. The van der Waals surface area contributed by atoms with Gasteiger partial charge in [-0.15, -0.1) is 0 Å².